The molecule has 0 unspecified atom stereocenters. The average molecular weight is 403 g/mol. The van der Waals surface area contributed by atoms with E-state index < -0.39 is 26.9 Å². The van der Waals surface area contributed by atoms with Gasteiger partial charge in [0, 0.05) is 44.9 Å². The number of hydrogen-bond acceptors (Lipinski definition) is 7. The van der Waals surface area contributed by atoms with Gasteiger partial charge in [0.25, 0.3) is 5.69 Å². The Labute approximate surface area is 156 Å². The van der Waals surface area contributed by atoms with E-state index in [1.165, 1.54) is 16.4 Å². The summed E-state index contributed by atoms with van der Waals surface area (Å²) < 4.78 is 25.1. The average Bonchev–Trinajstić information content (AvgIpc) is 2.63. The lowest BCUT2D eigenvalue weighted by molar-refractivity contribution is -0.384. The van der Waals surface area contributed by atoms with Crippen LogP contribution in [0.3, 0.4) is 0 Å². The van der Waals surface area contributed by atoms with Crippen molar-refractivity contribution in [3.8, 4) is 0 Å². The van der Waals surface area contributed by atoms with Gasteiger partial charge in [0.15, 0.2) is 0 Å². The molecular formula is C15H21N3O8S. The standard InChI is InChI=1S/C13H19N3O4S.C2H2O4/c1-2-21(19,20)15-9-7-14(8-10-15)11-12-3-5-13(6-4-12)16(17)18;3-1(4)2(5)6/h3-6H,2,7-11H2,1H3;(H,3,4)(H,5,6). The minimum Gasteiger partial charge on any atom is -0.473 e. The molecule has 0 atom stereocenters. The third-order valence-electron chi connectivity index (χ3n) is 3.83. The molecule has 1 aliphatic heterocycles. The molecule has 0 radical (unpaired) electrons. The minimum absolute atomic E-state index is 0.0811. The molecule has 12 heteroatoms. The number of nitrogens with zero attached hydrogens (tertiary/aromatic N) is 3. The van der Waals surface area contributed by atoms with Gasteiger partial charge >= 0.3 is 11.9 Å². The van der Waals surface area contributed by atoms with Gasteiger partial charge in [0.2, 0.25) is 10.0 Å². The third kappa shape index (κ3) is 7.29. The van der Waals surface area contributed by atoms with Crippen molar-refractivity contribution in [3.05, 3.63) is 39.9 Å². The molecule has 1 aliphatic rings. The molecule has 0 saturated carbocycles. The lowest BCUT2D eigenvalue weighted by Crippen LogP contribution is -2.48. The Bertz CT molecular complexity index is 759. The van der Waals surface area contributed by atoms with E-state index in [0.717, 1.165) is 5.56 Å². The van der Waals surface area contributed by atoms with Crippen LogP contribution < -0.4 is 0 Å². The maximum Gasteiger partial charge on any atom is 0.414 e. The Balaban J connectivity index is 0.000000527. The number of carbonyl (C=O) groups is 2. The second-order valence-electron chi connectivity index (χ2n) is 5.61. The summed E-state index contributed by atoms with van der Waals surface area (Å²) in [4.78, 5) is 30.5. The zero-order valence-corrected chi connectivity index (χ0v) is 15.5. The van der Waals surface area contributed by atoms with E-state index in [-0.39, 0.29) is 11.4 Å². The fourth-order valence-electron chi connectivity index (χ4n) is 2.33. The molecule has 0 bridgehead atoms. The highest BCUT2D eigenvalue weighted by Crippen LogP contribution is 2.15. The number of non-ortho nitro benzene ring substituents is 1. The highest BCUT2D eigenvalue weighted by molar-refractivity contribution is 7.89. The Kier molecular flexibility index (Phi) is 8.28. The van der Waals surface area contributed by atoms with Crippen molar-refractivity contribution in [1.82, 2.24) is 9.21 Å². The van der Waals surface area contributed by atoms with Crippen LogP contribution in [0.5, 0.6) is 0 Å². The van der Waals surface area contributed by atoms with E-state index in [2.05, 4.69) is 4.90 Å². The van der Waals surface area contributed by atoms with Gasteiger partial charge in [-0.2, -0.15) is 4.31 Å². The van der Waals surface area contributed by atoms with E-state index in [1.54, 1.807) is 19.1 Å². The molecule has 1 aromatic rings. The lowest BCUT2D eigenvalue weighted by Gasteiger charge is -2.33. The summed E-state index contributed by atoms with van der Waals surface area (Å²) >= 11 is 0. The molecule has 0 spiro atoms. The Morgan fingerprint density at radius 3 is 1.93 bits per heavy atom. The van der Waals surface area contributed by atoms with E-state index in [9.17, 15) is 18.5 Å². The van der Waals surface area contributed by atoms with Crippen molar-refractivity contribution in [3.63, 3.8) is 0 Å². The SMILES string of the molecule is CCS(=O)(=O)N1CCN(Cc2ccc([N+](=O)[O-])cc2)CC1.O=C(O)C(=O)O. The van der Waals surface area contributed by atoms with Crippen LogP contribution in [0.1, 0.15) is 12.5 Å². The van der Waals surface area contributed by atoms with Gasteiger partial charge < -0.3 is 10.2 Å². The maximum atomic E-state index is 11.8. The molecule has 11 nitrogen and oxygen atoms in total. The number of hydrogen-bond donors (Lipinski definition) is 2. The first-order chi connectivity index (χ1) is 12.6. The largest absolute Gasteiger partial charge is 0.473 e. The third-order valence-corrected chi connectivity index (χ3v) is 5.71. The highest BCUT2D eigenvalue weighted by Gasteiger charge is 2.25. The molecule has 0 aromatic heterocycles. The molecule has 1 saturated heterocycles. The summed E-state index contributed by atoms with van der Waals surface area (Å²) in [7, 11) is -3.10. The Morgan fingerprint density at radius 1 is 1.07 bits per heavy atom. The van der Waals surface area contributed by atoms with Gasteiger partial charge in [-0.25, -0.2) is 18.0 Å². The number of aliphatic carboxylic acids is 2. The summed E-state index contributed by atoms with van der Waals surface area (Å²) in [6.07, 6.45) is 0. The summed E-state index contributed by atoms with van der Waals surface area (Å²) in [5, 5.41) is 25.4. The van der Waals surface area contributed by atoms with Crippen molar-refractivity contribution in [2.45, 2.75) is 13.5 Å². The topological polar surface area (TPSA) is 158 Å². The second kappa shape index (κ2) is 9.94. The van der Waals surface area contributed by atoms with Crippen LogP contribution in [0.15, 0.2) is 24.3 Å². The van der Waals surface area contributed by atoms with Crippen LogP contribution in [-0.2, 0) is 26.2 Å². The number of nitro benzene ring substituents is 1. The summed E-state index contributed by atoms with van der Waals surface area (Å²) in [6.45, 7) is 4.69. The van der Waals surface area contributed by atoms with Crippen molar-refractivity contribution in [2.75, 3.05) is 31.9 Å². The van der Waals surface area contributed by atoms with Crippen molar-refractivity contribution in [2.24, 2.45) is 0 Å². The number of rotatable bonds is 5. The summed E-state index contributed by atoms with van der Waals surface area (Å²) in [6, 6.07) is 6.47. The molecule has 2 rings (SSSR count). The molecule has 27 heavy (non-hydrogen) atoms. The molecule has 1 heterocycles. The van der Waals surface area contributed by atoms with Crippen LogP contribution >= 0.6 is 0 Å². The quantitative estimate of drug-likeness (QED) is 0.398. The van der Waals surface area contributed by atoms with E-state index in [4.69, 9.17) is 19.8 Å². The van der Waals surface area contributed by atoms with Gasteiger partial charge in [-0.1, -0.05) is 12.1 Å². The Morgan fingerprint density at radius 2 is 1.56 bits per heavy atom. The van der Waals surface area contributed by atoms with Gasteiger partial charge in [0.05, 0.1) is 10.7 Å². The first-order valence-corrected chi connectivity index (χ1v) is 9.57. The zero-order valence-electron chi connectivity index (χ0n) is 14.6. The van der Waals surface area contributed by atoms with Gasteiger partial charge in [-0.05, 0) is 12.5 Å². The van der Waals surface area contributed by atoms with Crippen molar-refractivity contribution < 1.29 is 33.1 Å². The summed E-state index contributed by atoms with van der Waals surface area (Å²) in [5.41, 5.74) is 1.07. The summed E-state index contributed by atoms with van der Waals surface area (Å²) in [5.74, 6) is -3.51. The fourth-order valence-corrected chi connectivity index (χ4v) is 3.41. The number of piperazine rings is 1. The van der Waals surface area contributed by atoms with Crippen LogP contribution in [0.25, 0.3) is 0 Å². The van der Waals surface area contributed by atoms with E-state index >= 15 is 0 Å². The minimum atomic E-state index is -3.10. The predicted molar refractivity (Wildman–Crippen MR) is 94.7 cm³/mol. The van der Waals surface area contributed by atoms with Crippen molar-refractivity contribution >= 4 is 27.6 Å². The molecule has 0 aliphatic carbocycles. The Hall–Kier alpha value is -2.57. The second-order valence-corrected chi connectivity index (χ2v) is 7.87. The first kappa shape index (κ1) is 22.5. The molecule has 2 N–H and O–H groups in total. The highest BCUT2D eigenvalue weighted by atomic mass is 32.2. The molecule has 1 aromatic carbocycles. The van der Waals surface area contributed by atoms with Crippen LogP contribution in [0.4, 0.5) is 5.69 Å². The molecule has 1 fully saturated rings. The zero-order chi connectivity index (χ0) is 20.6. The maximum absolute atomic E-state index is 11.8. The number of carboxylic acid groups (broad SMARTS) is 2. The number of sulfonamides is 1. The van der Waals surface area contributed by atoms with Crippen LogP contribution in [0, 0.1) is 10.1 Å². The van der Waals surface area contributed by atoms with Crippen molar-refractivity contribution in [1.29, 1.82) is 0 Å². The number of benzene rings is 1. The monoisotopic (exact) mass is 403 g/mol. The fraction of sp³-hybridized carbons (Fsp3) is 0.467. The smallest absolute Gasteiger partial charge is 0.414 e. The number of carboxylic acids is 2. The lowest BCUT2D eigenvalue weighted by atomic mass is 10.2. The van der Waals surface area contributed by atoms with Gasteiger partial charge in [-0.15, -0.1) is 0 Å². The van der Waals surface area contributed by atoms with E-state index in [1.807, 2.05) is 0 Å². The molecule has 150 valence electrons. The predicted octanol–water partition coefficient (Wildman–Crippen LogP) is 0.218. The van der Waals surface area contributed by atoms with Gasteiger partial charge in [0.1, 0.15) is 0 Å². The van der Waals surface area contributed by atoms with E-state index in [0.29, 0.717) is 32.7 Å². The van der Waals surface area contributed by atoms with Gasteiger partial charge in [-0.3, -0.25) is 15.0 Å². The van der Waals surface area contributed by atoms with Crippen LogP contribution in [-0.4, -0.2) is 76.6 Å². The normalized spacial score (nSPS) is 15.4. The first-order valence-electron chi connectivity index (χ1n) is 7.96. The molecule has 0 amide bonds. The molecular weight excluding hydrogens is 382 g/mol. The van der Waals surface area contributed by atoms with Crippen LogP contribution in [0.2, 0.25) is 0 Å². The number of nitro groups is 1.